The molecule has 0 aliphatic carbocycles. The molecule has 0 amide bonds. The Labute approximate surface area is 53.8 Å². The van der Waals surface area contributed by atoms with Crippen molar-refractivity contribution in [2.45, 2.75) is 13.5 Å². The molecule has 9 heavy (non-hydrogen) atoms. The van der Waals surface area contributed by atoms with Gasteiger partial charge in [-0.15, -0.1) is 0 Å². The van der Waals surface area contributed by atoms with Crippen LogP contribution in [0.15, 0.2) is 12.3 Å². The van der Waals surface area contributed by atoms with Gasteiger partial charge in [0.05, 0.1) is 11.9 Å². The highest BCUT2D eigenvalue weighted by Crippen LogP contribution is 2.12. The number of allylic oxidation sites excluding steroid dienone is 1. The molecule has 0 radical (unpaired) electrons. The Morgan fingerprint density at radius 2 is 2.56 bits per heavy atom. The molecule has 1 aliphatic heterocycles. The van der Waals surface area contributed by atoms with Gasteiger partial charge < -0.3 is 4.57 Å². The second-order valence-electron chi connectivity index (χ2n) is 2.24. The fourth-order valence-corrected chi connectivity index (χ4v) is 1.14. The lowest BCUT2D eigenvalue weighted by Crippen LogP contribution is -1.94. The number of rotatable bonds is 0. The van der Waals surface area contributed by atoms with Gasteiger partial charge in [-0.1, -0.05) is 6.08 Å². The lowest BCUT2D eigenvalue weighted by molar-refractivity contribution is 0.794. The van der Waals surface area contributed by atoms with E-state index in [9.17, 15) is 0 Å². The van der Waals surface area contributed by atoms with Crippen molar-refractivity contribution in [3.05, 3.63) is 23.8 Å². The van der Waals surface area contributed by atoms with Crippen molar-refractivity contribution in [2.75, 3.05) is 0 Å². The standard InChI is InChI=1S/C7H8N2/c1-6-8-5-7-3-2-4-9(6)7/h2-3,5H,4H2,1H3. The maximum atomic E-state index is 4.15. The van der Waals surface area contributed by atoms with Crippen LogP contribution in [0.4, 0.5) is 0 Å². The van der Waals surface area contributed by atoms with Crippen LogP contribution in [0.3, 0.4) is 0 Å². The van der Waals surface area contributed by atoms with Gasteiger partial charge in [0.2, 0.25) is 0 Å². The molecule has 2 heteroatoms. The second kappa shape index (κ2) is 1.47. The zero-order valence-electron chi connectivity index (χ0n) is 5.33. The summed E-state index contributed by atoms with van der Waals surface area (Å²) in [6, 6.07) is 0. The molecule has 2 rings (SSSR count). The second-order valence-corrected chi connectivity index (χ2v) is 2.24. The molecule has 0 N–H and O–H groups in total. The van der Waals surface area contributed by atoms with Gasteiger partial charge >= 0.3 is 0 Å². The first kappa shape index (κ1) is 4.79. The van der Waals surface area contributed by atoms with Crippen LogP contribution in [-0.4, -0.2) is 9.55 Å². The van der Waals surface area contributed by atoms with E-state index in [0.29, 0.717) is 0 Å². The molecule has 46 valence electrons. The summed E-state index contributed by atoms with van der Waals surface area (Å²) in [6.45, 7) is 3.03. The van der Waals surface area contributed by atoms with Gasteiger partial charge in [0.15, 0.2) is 0 Å². The van der Waals surface area contributed by atoms with Crippen LogP contribution in [0, 0.1) is 6.92 Å². The molecule has 0 fully saturated rings. The number of fused-ring (bicyclic) bond motifs is 1. The summed E-state index contributed by atoms with van der Waals surface area (Å²) in [5.41, 5.74) is 1.23. The summed E-state index contributed by atoms with van der Waals surface area (Å²) in [5.74, 6) is 1.11. The van der Waals surface area contributed by atoms with Gasteiger partial charge in [-0.3, -0.25) is 0 Å². The minimum atomic E-state index is 1.00. The predicted molar refractivity (Wildman–Crippen MR) is 36.0 cm³/mol. The first-order valence-corrected chi connectivity index (χ1v) is 3.06. The minimum Gasteiger partial charge on any atom is -0.325 e. The summed E-state index contributed by atoms with van der Waals surface area (Å²) in [5, 5.41) is 0. The Morgan fingerprint density at radius 1 is 1.67 bits per heavy atom. The molecular weight excluding hydrogens is 112 g/mol. The molecule has 0 atom stereocenters. The van der Waals surface area contributed by atoms with E-state index >= 15 is 0 Å². The molecule has 0 unspecified atom stereocenters. The number of hydrogen-bond donors (Lipinski definition) is 0. The van der Waals surface area contributed by atoms with E-state index in [1.54, 1.807) is 0 Å². The molecule has 0 aromatic carbocycles. The van der Waals surface area contributed by atoms with Gasteiger partial charge in [0, 0.05) is 6.54 Å². The third-order valence-electron chi connectivity index (χ3n) is 1.66. The number of aromatic nitrogens is 2. The van der Waals surface area contributed by atoms with Crippen molar-refractivity contribution in [3.8, 4) is 0 Å². The maximum absolute atomic E-state index is 4.15. The van der Waals surface area contributed by atoms with Crippen LogP contribution < -0.4 is 0 Å². The average Bonchev–Trinajstić information content (AvgIpc) is 2.35. The van der Waals surface area contributed by atoms with E-state index in [1.165, 1.54) is 5.69 Å². The van der Waals surface area contributed by atoms with Crippen LogP contribution in [0.1, 0.15) is 11.5 Å². The van der Waals surface area contributed by atoms with Crippen LogP contribution in [0.25, 0.3) is 6.08 Å². The zero-order valence-corrected chi connectivity index (χ0v) is 5.33. The normalized spacial score (nSPS) is 14.3. The highest BCUT2D eigenvalue weighted by Gasteiger charge is 2.05. The lowest BCUT2D eigenvalue weighted by atomic mass is 10.5. The van der Waals surface area contributed by atoms with Gasteiger partial charge in [0.1, 0.15) is 5.82 Å². The quantitative estimate of drug-likeness (QED) is 0.503. The van der Waals surface area contributed by atoms with E-state index in [2.05, 4.69) is 21.7 Å². The van der Waals surface area contributed by atoms with Crippen molar-refractivity contribution in [1.29, 1.82) is 0 Å². The Kier molecular flexibility index (Phi) is 0.781. The fraction of sp³-hybridized carbons (Fsp3) is 0.286. The summed E-state index contributed by atoms with van der Waals surface area (Å²) < 4.78 is 2.18. The summed E-state index contributed by atoms with van der Waals surface area (Å²) >= 11 is 0. The van der Waals surface area contributed by atoms with E-state index < -0.39 is 0 Å². The van der Waals surface area contributed by atoms with Gasteiger partial charge in [0.25, 0.3) is 0 Å². The summed E-state index contributed by atoms with van der Waals surface area (Å²) in [4.78, 5) is 4.15. The van der Waals surface area contributed by atoms with E-state index in [1.807, 2.05) is 13.1 Å². The Morgan fingerprint density at radius 3 is 3.33 bits per heavy atom. The molecule has 1 aliphatic rings. The van der Waals surface area contributed by atoms with Crippen LogP contribution >= 0.6 is 0 Å². The molecule has 2 nitrogen and oxygen atoms in total. The van der Waals surface area contributed by atoms with Crippen LogP contribution in [0.2, 0.25) is 0 Å². The van der Waals surface area contributed by atoms with Crippen molar-refractivity contribution in [2.24, 2.45) is 0 Å². The van der Waals surface area contributed by atoms with Crippen LogP contribution in [0.5, 0.6) is 0 Å². The van der Waals surface area contributed by atoms with Crippen molar-refractivity contribution < 1.29 is 0 Å². The van der Waals surface area contributed by atoms with E-state index in [0.717, 1.165) is 12.4 Å². The van der Waals surface area contributed by atoms with Crippen LogP contribution in [-0.2, 0) is 6.54 Å². The zero-order chi connectivity index (χ0) is 6.27. The first-order chi connectivity index (χ1) is 4.38. The molecule has 1 aromatic rings. The van der Waals surface area contributed by atoms with Crippen molar-refractivity contribution in [3.63, 3.8) is 0 Å². The SMILES string of the molecule is Cc1ncc2n1CC=C2. The topological polar surface area (TPSA) is 17.8 Å². The molecule has 0 saturated carbocycles. The molecule has 0 bridgehead atoms. The summed E-state index contributed by atoms with van der Waals surface area (Å²) in [6.07, 6.45) is 6.14. The largest absolute Gasteiger partial charge is 0.325 e. The first-order valence-electron chi connectivity index (χ1n) is 3.06. The molecular formula is C7H8N2. The fourth-order valence-electron chi connectivity index (χ4n) is 1.14. The van der Waals surface area contributed by atoms with E-state index in [4.69, 9.17) is 0 Å². The number of imidazole rings is 1. The lowest BCUT2D eigenvalue weighted by Gasteiger charge is -1.95. The van der Waals surface area contributed by atoms with Gasteiger partial charge in [-0.25, -0.2) is 4.98 Å². The maximum Gasteiger partial charge on any atom is 0.106 e. The number of nitrogens with zero attached hydrogens (tertiary/aromatic N) is 2. The monoisotopic (exact) mass is 120 g/mol. The van der Waals surface area contributed by atoms with Gasteiger partial charge in [-0.05, 0) is 13.0 Å². The number of hydrogen-bond acceptors (Lipinski definition) is 1. The average molecular weight is 120 g/mol. The highest BCUT2D eigenvalue weighted by atomic mass is 15.1. The Bertz CT molecular complexity index is 258. The van der Waals surface area contributed by atoms with E-state index in [-0.39, 0.29) is 0 Å². The third kappa shape index (κ3) is 0.529. The Hall–Kier alpha value is -1.05. The highest BCUT2D eigenvalue weighted by molar-refractivity contribution is 5.48. The molecule has 0 saturated heterocycles. The smallest absolute Gasteiger partial charge is 0.106 e. The molecule has 2 heterocycles. The summed E-state index contributed by atoms with van der Waals surface area (Å²) in [7, 11) is 0. The molecule has 0 spiro atoms. The number of aryl methyl sites for hydroxylation is 1. The Balaban J connectivity index is 2.65. The van der Waals surface area contributed by atoms with Crippen molar-refractivity contribution in [1.82, 2.24) is 9.55 Å². The molecule has 1 aromatic heterocycles. The van der Waals surface area contributed by atoms with Gasteiger partial charge in [-0.2, -0.15) is 0 Å². The minimum absolute atomic E-state index is 1.00. The van der Waals surface area contributed by atoms with Crippen molar-refractivity contribution >= 4 is 6.08 Å². The predicted octanol–water partition coefficient (Wildman–Crippen LogP) is 1.22. The third-order valence-corrected chi connectivity index (χ3v) is 1.66.